The third-order valence-electron chi connectivity index (χ3n) is 1.57. The molecule has 0 aromatic rings. The molecule has 0 aliphatic carbocycles. The van der Waals surface area contributed by atoms with Gasteiger partial charge in [0, 0.05) is 6.61 Å². The van der Waals surface area contributed by atoms with Crippen molar-refractivity contribution >= 4 is 5.71 Å². The normalized spacial score (nSPS) is 29.2. The quantitative estimate of drug-likeness (QED) is 0.483. The lowest BCUT2D eigenvalue weighted by Crippen LogP contribution is -2.32. The molecule has 0 aromatic carbocycles. The zero-order valence-corrected chi connectivity index (χ0v) is 6.62. The van der Waals surface area contributed by atoms with Crippen LogP contribution >= 0.6 is 0 Å². The Labute approximate surface area is 65.8 Å². The zero-order chi connectivity index (χ0) is 8.10. The van der Waals surface area contributed by atoms with E-state index >= 15 is 0 Å². The highest BCUT2D eigenvalue weighted by Gasteiger charge is 2.21. The van der Waals surface area contributed by atoms with E-state index in [0.717, 1.165) is 12.8 Å². The summed E-state index contributed by atoms with van der Waals surface area (Å²) in [4.78, 5) is 0. The summed E-state index contributed by atoms with van der Waals surface area (Å²) in [7, 11) is 0. The van der Waals surface area contributed by atoms with Crippen molar-refractivity contribution in [2.75, 3.05) is 13.2 Å². The predicted molar refractivity (Wildman–Crippen MR) is 39.8 cm³/mol. The van der Waals surface area contributed by atoms with E-state index in [-0.39, 0.29) is 0 Å². The Kier molecular flexibility index (Phi) is 3.32. The van der Waals surface area contributed by atoms with Crippen LogP contribution < -0.4 is 0 Å². The Bertz CT molecular complexity index is 145. The molecule has 1 unspecified atom stereocenters. The molecule has 1 atom stereocenters. The molecule has 0 saturated carbocycles. The Morgan fingerprint density at radius 3 is 3.27 bits per heavy atom. The largest absolute Gasteiger partial charge is 0.411 e. The molecule has 1 N–H and O–H groups in total. The highest BCUT2D eigenvalue weighted by atomic mass is 16.7. The number of nitrogens with zero attached hydrogens (tertiary/aromatic N) is 1. The maximum atomic E-state index is 8.52. The van der Waals surface area contributed by atoms with E-state index in [1.807, 2.05) is 6.92 Å². The fourth-order valence-electron chi connectivity index (χ4n) is 1.05. The van der Waals surface area contributed by atoms with Crippen LogP contribution in [-0.2, 0) is 9.47 Å². The molecule has 0 aromatic heterocycles. The van der Waals surface area contributed by atoms with Gasteiger partial charge in [0.25, 0.3) is 0 Å². The van der Waals surface area contributed by atoms with Gasteiger partial charge in [0.15, 0.2) is 6.29 Å². The van der Waals surface area contributed by atoms with Crippen molar-refractivity contribution < 1.29 is 14.7 Å². The van der Waals surface area contributed by atoms with Crippen molar-refractivity contribution in [3.8, 4) is 0 Å². The van der Waals surface area contributed by atoms with Crippen molar-refractivity contribution in [1.82, 2.24) is 0 Å². The average Bonchev–Trinajstić information content (AvgIpc) is 2.06. The Balaban J connectivity index is 2.45. The first-order valence-corrected chi connectivity index (χ1v) is 3.82. The second-order valence-electron chi connectivity index (χ2n) is 2.35. The standard InChI is InChI=1S/C7H13NO3/c1-2-10-7-6(8-9)4-3-5-11-7/h7,9H,2-5H2,1H3/b8-6+. The van der Waals surface area contributed by atoms with Gasteiger partial charge >= 0.3 is 0 Å². The van der Waals surface area contributed by atoms with Gasteiger partial charge in [-0.05, 0) is 19.8 Å². The molecular formula is C7H13NO3. The summed E-state index contributed by atoms with van der Waals surface area (Å²) in [5.41, 5.74) is 0.595. The molecular weight excluding hydrogens is 146 g/mol. The van der Waals surface area contributed by atoms with Crippen molar-refractivity contribution in [3.05, 3.63) is 0 Å². The number of oxime groups is 1. The number of rotatable bonds is 2. The van der Waals surface area contributed by atoms with E-state index in [1.54, 1.807) is 0 Å². The van der Waals surface area contributed by atoms with E-state index in [4.69, 9.17) is 14.7 Å². The average molecular weight is 159 g/mol. The molecule has 0 spiro atoms. The van der Waals surface area contributed by atoms with E-state index in [0.29, 0.717) is 18.9 Å². The van der Waals surface area contributed by atoms with Gasteiger partial charge in [0.1, 0.15) is 5.71 Å². The second kappa shape index (κ2) is 4.31. The van der Waals surface area contributed by atoms with Gasteiger partial charge in [0.05, 0.1) is 6.61 Å². The van der Waals surface area contributed by atoms with Crippen LogP contribution in [0.4, 0.5) is 0 Å². The van der Waals surface area contributed by atoms with Crippen LogP contribution in [0.5, 0.6) is 0 Å². The Morgan fingerprint density at radius 1 is 1.82 bits per heavy atom. The van der Waals surface area contributed by atoms with Gasteiger partial charge in [-0.1, -0.05) is 5.16 Å². The van der Waals surface area contributed by atoms with E-state index in [1.165, 1.54) is 0 Å². The fourth-order valence-corrected chi connectivity index (χ4v) is 1.05. The fraction of sp³-hybridized carbons (Fsp3) is 0.857. The molecule has 0 bridgehead atoms. The van der Waals surface area contributed by atoms with E-state index < -0.39 is 6.29 Å². The third kappa shape index (κ3) is 2.17. The van der Waals surface area contributed by atoms with Gasteiger partial charge in [-0.15, -0.1) is 0 Å². The minimum absolute atomic E-state index is 0.418. The van der Waals surface area contributed by atoms with Gasteiger partial charge in [-0.2, -0.15) is 0 Å². The Morgan fingerprint density at radius 2 is 2.64 bits per heavy atom. The maximum Gasteiger partial charge on any atom is 0.200 e. The third-order valence-corrected chi connectivity index (χ3v) is 1.57. The van der Waals surface area contributed by atoms with Crippen LogP contribution in [0.3, 0.4) is 0 Å². The SMILES string of the molecule is CCOC1OCCC/C1=N\O. The molecule has 1 rings (SSSR count). The topological polar surface area (TPSA) is 51.0 Å². The summed E-state index contributed by atoms with van der Waals surface area (Å²) in [5, 5.41) is 11.6. The molecule has 11 heavy (non-hydrogen) atoms. The van der Waals surface area contributed by atoms with Crippen molar-refractivity contribution in [2.45, 2.75) is 26.1 Å². The molecule has 0 amide bonds. The molecule has 64 valence electrons. The first-order chi connectivity index (χ1) is 5.38. The lowest BCUT2D eigenvalue weighted by atomic mass is 10.2. The number of hydrogen-bond acceptors (Lipinski definition) is 4. The summed E-state index contributed by atoms with van der Waals surface area (Å²) in [6.07, 6.45) is 1.25. The monoisotopic (exact) mass is 159 g/mol. The number of ether oxygens (including phenoxy) is 2. The predicted octanol–water partition coefficient (Wildman–Crippen LogP) is 0.990. The summed E-state index contributed by atoms with van der Waals surface area (Å²) < 4.78 is 10.4. The minimum Gasteiger partial charge on any atom is -0.411 e. The lowest BCUT2D eigenvalue weighted by Gasteiger charge is -2.22. The molecule has 4 nitrogen and oxygen atoms in total. The first-order valence-electron chi connectivity index (χ1n) is 3.82. The summed E-state index contributed by atoms with van der Waals surface area (Å²) in [6.45, 7) is 3.14. The molecule has 0 radical (unpaired) electrons. The smallest absolute Gasteiger partial charge is 0.200 e. The van der Waals surface area contributed by atoms with Gasteiger partial charge in [-0.3, -0.25) is 0 Å². The Hall–Kier alpha value is -0.610. The molecule has 1 aliphatic rings. The molecule has 4 heteroatoms. The van der Waals surface area contributed by atoms with Gasteiger partial charge in [-0.25, -0.2) is 0 Å². The minimum atomic E-state index is -0.418. The lowest BCUT2D eigenvalue weighted by molar-refractivity contribution is -0.105. The van der Waals surface area contributed by atoms with Crippen LogP contribution in [0.15, 0.2) is 5.16 Å². The van der Waals surface area contributed by atoms with Crippen LogP contribution in [0, 0.1) is 0 Å². The second-order valence-corrected chi connectivity index (χ2v) is 2.35. The van der Waals surface area contributed by atoms with Crippen molar-refractivity contribution in [1.29, 1.82) is 0 Å². The first kappa shape index (κ1) is 8.49. The van der Waals surface area contributed by atoms with Crippen LogP contribution in [-0.4, -0.2) is 30.4 Å². The van der Waals surface area contributed by atoms with Crippen LogP contribution in [0.25, 0.3) is 0 Å². The highest BCUT2D eigenvalue weighted by Crippen LogP contribution is 2.11. The van der Waals surface area contributed by atoms with E-state index in [9.17, 15) is 0 Å². The summed E-state index contributed by atoms with van der Waals surface area (Å²) in [5.74, 6) is 0. The van der Waals surface area contributed by atoms with Crippen molar-refractivity contribution in [3.63, 3.8) is 0 Å². The molecule has 1 aliphatic heterocycles. The van der Waals surface area contributed by atoms with Gasteiger partial charge in [0.2, 0.25) is 0 Å². The summed E-state index contributed by atoms with van der Waals surface area (Å²) in [6, 6.07) is 0. The van der Waals surface area contributed by atoms with Crippen molar-refractivity contribution in [2.24, 2.45) is 5.16 Å². The molecule has 1 heterocycles. The zero-order valence-electron chi connectivity index (χ0n) is 6.62. The molecule has 1 fully saturated rings. The maximum absolute atomic E-state index is 8.52. The highest BCUT2D eigenvalue weighted by molar-refractivity contribution is 5.87. The number of hydrogen-bond donors (Lipinski definition) is 1. The van der Waals surface area contributed by atoms with E-state index in [2.05, 4.69) is 5.16 Å². The summed E-state index contributed by atoms with van der Waals surface area (Å²) >= 11 is 0. The molecule has 1 saturated heterocycles. The van der Waals surface area contributed by atoms with Gasteiger partial charge < -0.3 is 14.7 Å². The van der Waals surface area contributed by atoms with Crippen LogP contribution in [0.2, 0.25) is 0 Å². The van der Waals surface area contributed by atoms with Crippen LogP contribution in [0.1, 0.15) is 19.8 Å².